The topological polar surface area (TPSA) is 76.0 Å². The zero-order chi connectivity index (χ0) is 15.3. The molecule has 1 saturated heterocycles. The molecule has 2 N–H and O–H groups in total. The van der Waals surface area contributed by atoms with Crippen LogP contribution >= 0.6 is 16.7 Å². The fourth-order valence-electron chi connectivity index (χ4n) is 2.76. The molecule has 0 saturated carbocycles. The number of phosphoric acid groups is 1. The monoisotopic (exact) mass is 436 g/mol. The van der Waals surface area contributed by atoms with Gasteiger partial charge < -0.3 is 0 Å². The van der Waals surface area contributed by atoms with Crippen molar-refractivity contribution < 1.29 is 20.3 Å². The molecule has 0 radical (unpaired) electrons. The van der Waals surface area contributed by atoms with Crippen LogP contribution in [0, 0.1) is 0 Å². The number of rotatable bonds is 8. The first kappa shape index (κ1) is 19.2. The van der Waals surface area contributed by atoms with Crippen LogP contribution in [0.1, 0.15) is 65.2 Å². The Labute approximate surface area is 130 Å². The summed E-state index contributed by atoms with van der Waals surface area (Å²) >= 11 is -4.12. The van der Waals surface area contributed by atoms with Gasteiger partial charge in [-0.05, 0) is 0 Å². The van der Waals surface area contributed by atoms with E-state index in [-0.39, 0.29) is 5.60 Å². The molecular weight excluding hydrogens is 409 g/mol. The quantitative estimate of drug-likeness (QED) is 0.441. The van der Waals surface area contributed by atoms with Crippen molar-refractivity contribution in [1.29, 1.82) is 0 Å². The third kappa shape index (κ3) is 6.51. The van der Waals surface area contributed by atoms with Gasteiger partial charge in [0, 0.05) is 0 Å². The Morgan fingerprint density at radius 3 is 2.30 bits per heavy atom. The van der Waals surface area contributed by atoms with Gasteiger partial charge in [-0.3, -0.25) is 0 Å². The summed E-state index contributed by atoms with van der Waals surface area (Å²) in [5, 5.41) is 0. The fraction of sp³-hybridized carbons (Fsp3) is 1.00. The van der Waals surface area contributed by atoms with Crippen molar-refractivity contribution in [2.45, 2.75) is 75.3 Å². The summed E-state index contributed by atoms with van der Waals surface area (Å²) < 4.78 is 22.6. The van der Waals surface area contributed by atoms with Crippen LogP contribution in [-0.2, 0) is 10.5 Å². The van der Waals surface area contributed by atoms with E-state index in [1.807, 2.05) is 0 Å². The van der Waals surface area contributed by atoms with Crippen LogP contribution in [0.15, 0.2) is 0 Å². The van der Waals surface area contributed by atoms with Gasteiger partial charge in [-0.2, -0.15) is 0 Å². The average Bonchev–Trinajstić information content (AvgIpc) is 2.31. The van der Waals surface area contributed by atoms with Crippen LogP contribution in [-0.4, -0.2) is 33.5 Å². The molecule has 0 aromatic carbocycles. The van der Waals surface area contributed by atoms with Crippen molar-refractivity contribution in [3.63, 3.8) is 0 Å². The Kier molecular flexibility index (Phi) is 7.81. The van der Waals surface area contributed by atoms with Crippen LogP contribution in [0.2, 0.25) is 4.44 Å². The van der Waals surface area contributed by atoms with E-state index in [9.17, 15) is 4.57 Å². The minimum absolute atomic E-state index is 0.322. The first-order valence-corrected chi connectivity index (χ1v) is 16.9. The molecule has 0 aromatic rings. The van der Waals surface area contributed by atoms with Crippen molar-refractivity contribution in [3.05, 3.63) is 0 Å². The van der Waals surface area contributed by atoms with Gasteiger partial charge in [0.1, 0.15) is 0 Å². The van der Waals surface area contributed by atoms with Gasteiger partial charge in [-0.25, -0.2) is 0 Å². The minimum atomic E-state index is -4.57. The second kappa shape index (κ2) is 8.14. The first-order valence-electron chi connectivity index (χ1n) is 7.39. The molecule has 1 heterocycles. The van der Waals surface area contributed by atoms with Gasteiger partial charge in [0.05, 0.1) is 0 Å². The SMILES string of the molecule is CCCCC1(CCCC)CC[CH2][Sn]([Cl])([O]P(=O)(O)O)[O]1. The van der Waals surface area contributed by atoms with Gasteiger partial charge >= 0.3 is 130 Å². The second-order valence-electron chi connectivity index (χ2n) is 5.59. The third-order valence-corrected chi connectivity index (χ3v) is 16.6. The maximum absolute atomic E-state index is 11.1. The van der Waals surface area contributed by atoms with Crippen molar-refractivity contribution >= 4 is 34.8 Å². The van der Waals surface area contributed by atoms with Gasteiger partial charge in [0.25, 0.3) is 0 Å². The zero-order valence-electron chi connectivity index (χ0n) is 12.3. The average molecular weight is 435 g/mol. The van der Waals surface area contributed by atoms with Gasteiger partial charge in [-0.15, -0.1) is 0 Å². The maximum atomic E-state index is 11.1. The molecule has 1 atom stereocenters. The van der Waals surface area contributed by atoms with Crippen LogP contribution in [0.5, 0.6) is 0 Å². The number of halogens is 1. The Balaban J connectivity index is 2.80. The van der Waals surface area contributed by atoms with E-state index in [0.29, 0.717) is 4.44 Å². The number of hydrogen-bond acceptors (Lipinski definition) is 3. The molecule has 8 heteroatoms. The normalized spacial score (nSPS) is 26.6. The zero-order valence-corrected chi connectivity index (χ0v) is 16.8. The van der Waals surface area contributed by atoms with E-state index in [1.165, 1.54) is 0 Å². The Hall–Kier alpha value is 1.16. The molecule has 120 valence electrons. The molecule has 0 amide bonds. The summed E-state index contributed by atoms with van der Waals surface area (Å²) in [5.41, 5.74) is -0.322. The summed E-state index contributed by atoms with van der Waals surface area (Å²) in [5.74, 6) is 0. The fourth-order valence-corrected chi connectivity index (χ4v) is 15.9. The molecule has 0 aliphatic carbocycles. The van der Waals surface area contributed by atoms with E-state index in [1.54, 1.807) is 0 Å². The summed E-state index contributed by atoms with van der Waals surface area (Å²) in [6, 6.07) is 0. The Morgan fingerprint density at radius 1 is 1.30 bits per heavy atom. The van der Waals surface area contributed by atoms with Crippen molar-refractivity contribution in [2.24, 2.45) is 0 Å². The second-order valence-corrected chi connectivity index (χ2v) is 18.0. The molecule has 5 nitrogen and oxygen atoms in total. The summed E-state index contributed by atoms with van der Waals surface area (Å²) in [7, 11) is 1.80. The number of unbranched alkanes of at least 4 members (excludes halogenated alkanes) is 2. The first-order chi connectivity index (χ1) is 9.24. The third-order valence-electron chi connectivity index (χ3n) is 3.70. The van der Waals surface area contributed by atoms with Crippen molar-refractivity contribution in [2.75, 3.05) is 0 Å². The van der Waals surface area contributed by atoms with E-state index in [0.717, 1.165) is 51.4 Å². The van der Waals surface area contributed by atoms with Crippen LogP contribution in [0.3, 0.4) is 0 Å². The Morgan fingerprint density at radius 2 is 1.85 bits per heavy atom. The predicted molar refractivity (Wildman–Crippen MR) is 81.6 cm³/mol. The molecular formula is C12H26ClO5PSn. The molecule has 1 aliphatic heterocycles. The predicted octanol–water partition coefficient (Wildman–Crippen LogP) is 4.20. The summed E-state index contributed by atoms with van der Waals surface area (Å²) in [6.07, 6.45) is 7.79. The molecule has 1 fully saturated rings. The number of hydrogen-bond donors (Lipinski definition) is 2. The molecule has 0 spiro atoms. The molecule has 0 bridgehead atoms. The van der Waals surface area contributed by atoms with E-state index in [4.69, 9.17) is 24.6 Å². The van der Waals surface area contributed by atoms with Crippen molar-refractivity contribution in [3.8, 4) is 0 Å². The molecule has 1 rings (SSSR count). The van der Waals surface area contributed by atoms with E-state index in [2.05, 4.69) is 13.8 Å². The van der Waals surface area contributed by atoms with Crippen LogP contribution < -0.4 is 0 Å². The van der Waals surface area contributed by atoms with Gasteiger partial charge in [0.15, 0.2) is 0 Å². The molecule has 0 aromatic heterocycles. The Bertz CT molecular complexity index is 343. The van der Waals surface area contributed by atoms with Gasteiger partial charge in [-0.1, -0.05) is 0 Å². The van der Waals surface area contributed by atoms with E-state index < -0.39 is 25.9 Å². The van der Waals surface area contributed by atoms with Crippen molar-refractivity contribution in [1.82, 2.24) is 0 Å². The summed E-state index contributed by atoms with van der Waals surface area (Å²) in [4.78, 5) is 18.1. The summed E-state index contributed by atoms with van der Waals surface area (Å²) in [6.45, 7) is 4.25. The van der Waals surface area contributed by atoms with Gasteiger partial charge in [0.2, 0.25) is 0 Å². The van der Waals surface area contributed by atoms with Crippen LogP contribution in [0.25, 0.3) is 0 Å². The van der Waals surface area contributed by atoms with E-state index >= 15 is 0 Å². The van der Waals surface area contributed by atoms with Crippen LogP contribution in [0.4, 0.5) is 0 Å². The standard InChI is InChI=1S/C12H24O.ClH.H3O4P.Sn/c1-4-7-10-12(13,9-6-3)11-8-5-2;;1-5(2,3)4;/h3-11H2,1-2H3;1H;(H3,1,2,3,4);/q-1;;;+3/p-2. The molecule has 1 aliphatic rings. The molecule has 1 unspecified atom stereocenters. The molecule has 20 heavy (non-hydrogen) atoms.